The number of carboxylic acid groups (broad SMARTS) is 1. The van der Waals surface area contributed by atoms with E-state index in [2.05, 4.69) is 25.4 Å². The fourth-order valence-corrected chi connectivity index (χ4v) is 2.23. The van der Waals surface area contributed by atoms with Gasteiger partial charge in [-0.2, -0.15) is 5.10 Å². The number of azo groups is 1. The van der Waals surface area contributed by atoms with Crippen LogP contribution >= 0.6 is 0 Å². The van der Waals surface area contributed by atoms with Gasteiger partial charge in [-0.3, -0.25) is 10.1 Å². The maximum atomic E-state index is 11.0. The number of aromatic amines is 1. The predicted octanol–water partition coefficient (Wildman–Crippen LogP) is 3.14. The summed E-state index contributed by atoms with van der Waals surface area (Å²) in [6, 6.07) is 7.52. The molecule has 0 fully saturated rings. The number of H-pyrrole nitrogens is 1. The van der Waals surface area contributed by atoms with Crippen molar-refractivity contribution in [1.82, 2.24) is 15.2 Å². The molecule has 0 radical (unpaired) electrons. The van der Waals surface area contributed by atoms with Crippen LogP contribution in [0.3, 0.4) is 0 Å². The average molecular weight is 310 g/mol. The standard InChI is InChI=1S/C15H14N6O2/c1-21(2)12-6-5-11(13-9(12)4-3-7-16-13)18-20-14-10(15(22)23)8-17-19-14/h3-8H,1-2H3,(H,17,19)(H,22,23)/b20-18+. The van der Waals surface area contributed by atoms with E-state index in [1.54, 1.807) is 12.3 Å². The second kappa shape index (κ2) is 5.84. The molecular formula is C15H14N6O2. The Kier molecular flexibility index (Phi) is 3.71. The van der Waals surface area contributed by atoms with Crippen molar-refractivity contribution in [2.75, 3.05) is 19.0 Å². The molecule has 8 nitrogen and oxygen atoms in total. The zero-order chi connectivity index (χ0) is 16.4. The fraction of sp³-hybridized carbons (Fsp3) is 0.133. The quantitative estimate of drug-likeness (QED) is 0.720. The van der Waals surface area contributed by atoms with E-state index in [-0.39, 0.29) is 11.4 Å². The van der Waals surface area contributed by atoms with Crippen molar-refractivity contribution in [3.8, 4) is 0 Å². The number of hydrogen-bond donors (Lipinski definition) is 2. The highest BCUT2D eigenvalue weighted by molar-refractivity contribution is 5.98. The lowest BCUT2D eigenvalue weighted by molar-refractivity contribution is 0.0698. The molecule has 8 heteroatoms. The molecule has 23 heavy (non-hydrogen) atoms. The van der Waals surface area contributed by atoms with Crippen molar-refractivity contribution >= 4 is 34.1 Å². The summed E-state index contributed by atoms with van der Waals surface area (Å²) in [4.78, 5) is 17.4. The maximum absolute atomic E-state index is 11.0. The van der Waals surface area contributed by atoms with Gasteiger partial charge in [-0.1, -0.05) is 0 Å². The van der Waals surface area contributed by atoms with Crippen molar-refractivity contribution in [3.05, 3.63) is 42.2 Å². The van der Waals surface area contributed by atoms with Crippen molar-refractivity contribution in [3.63, 3.8) is 0 Å². The van der Waals surface area contributed by atoms with Gasteiger partial charge < -0.3 is 10.0 Å². The Morgan fingerprint density at radius 2 is 2.09 bits per heavy atom. The van der Waals surface area contributed by atoms with E-state index >= 15 is 0 Å². The summed E-state index contributed by atoms with van der Waals surface area (Å²) < 4.78 is 0. The average Bonchev–Trinajstić information content (AvgIpc) is 3.01. The predicted molar refractivity (Wildman–Crippen MR) is 85.8 cm³/mol. The first-order chi connectivity index (χ1) is 11.1. The van der Waals surface area contributed by atoms with Crippen LogP contribution in [0.1, 0.15) is 10.4 Å². The molecule has 0 saturated carbocycles. The lowest BCUT2D eigenvalue weighted by atomic mass is 10.1. The van der Waals surface area contributed by atoms with Crippen LogP contribution in [0.25, 0.3) is 10.9 Å². The molecule has 0 aliphatic carbocycles. The van der Waals surface area contributed by atoms with Crippen LogP contribution in [-0.4, -0.2) is 40.4 Å². The lowest BCUT2D eigenvalue weighted by Crippen LogP contribution is -2.09. The lowest BCUT2D eigenvalue weighted by Gasteiger charge is -2.15. The Morgan fingerprint density at radius 1 is 1.26 bits per heavy atom. The number of aromatic carboxylic acids is 1. The van der Waals surface area contributed by atoms with Gasteiger partial charge in [-0.25, -0.2) is 4.79 Å². The number of nitrogens with one attached hydrogen (secondary N) is 1. The van der Waals surface area contributed by atoms with Crippen LogP contribution in [-0.2, 0) is 0 Å². The van der Waals surface area contributed by atoms with Crippen molar-refractivity contribution in [2.24, 2.45) is 10.2 Å². The Bertz CT molecular complexity index is 900. The Morgan fingerprint density at radius 3 is 2.83 bits per heavy atom. The number of carbonyl (C=O) groups is 1. The van der Waals surface area contributed by atoms with Gasteiger partial charge in [0.05, 0.1) is 5.52 Å². The molecule has 0 amide bonds. The third-order valence-corrected chi connectivity index (χ3v) is 3.31. The highest BCUT2D eigenvalue weighted by Crippen LogP contribution is 2.32. The fourth-order valence-electron chi connectivity index (χ4n) is 2.23. The van der Waals surface area contributed by atoms with E-state index in [4.69, 9.17) is 5.11 Å². The second-order valence-electron chi connectivity index (χ2n) is 5.03. The molecule has 1 aromatic carbocycles. The summed E-state index contributed by atoms with van der Waals surface area (Å²) in [5.41, 5.74) is 2.22. The summed E-state index contributed by atoms with van der Waals surface area (Å²) >= 11 is 0. The molecule has 0 aliphatic rings. The number of hydrogen-bond acceptors (Lipinski definition) is 6. The largest absolute Gasteiger partial charge is 0.477 e. The zero-order valence-electron chi connectivity index (χ0n) is 12.6. The van der Waals surface area contributed by atoms with Crippen LogP contribution in [0.15, 0.2) is 46.9 Å². The Balaban J connectivity index is 2.07. The summed E-state index contributed by atoms with van der Waals surface area (Å²) in [6.45, 7) is 0. The van der Waals surface area contributed by atoms with Gasteiger partial charge in [-0.05, 0) is 24.3 Å². The summed E-state index contributed by atoms with van der Waals surface area (Å²) in [7, 11) is 3.90. The van der Waals surface area contributed by atoms with Crippen LogP contribution in [0.2, 0.25) is 0 Å². The third kappa shape index (κ3) is 2.73. The van der Waals surface area contributed by atoms with Gasteiger partial charge in [0, 0.05) is 37.6 Å². The monoisotopic (exact) mass is 310 g/mol. The smallest absolute Gasteiger partial charge is 0.341 e. The normalized spacial score (nSPS) is 11.2. The minimum Gasteiger partial charge on any atom is -0.477 e. The van der Waals surface area contributed by atoms with E-state index in [1.165, 1.54) is 6.20 Å². The highest BCUT2D eigenvalue weighted by atomic mass is 16.4. The van der Waals surface area contributed by atoms with Crippen molar-refractivity contribution in [2.45, 2.75) is 0 Å². The van der Waals surface area contributed by atoms with Gasteiger partial charge in [0.25, 0.3) is 0 Å². The minimum absolute atomic E-state index is 0.0262. The van der Waals surface area contributed by atoms with Gasteiger partial charge >= 0.3 is 5.97 Å². The minimum atomic E-state index is -1.11. The molecule has 0 aliphatic heterocycles. The Labute approximate surface area is 131 Å². The van der Waals surface area contributed by atoms with E-state index in [1.807, 2.05) is 37.2 Å². The number of rotatable bonds is 4. The van der Waals surface area contributed by atoms with Crippen LogP contribution < -0.4 is 4.90 Å². The van der Waals surface area contributed by atoms with E-state index in [9.17, 15) is 4.79 Å². The number of aromatic nitrogens is 3. The first kappa shape index (κ1) is 14.6. The SMILES string of the molecule is CN(C)c1ccc(/N=N/c2n[nH]cc2C(=O)O)c2ncccc12. The van der Waals surface area contributed by atoms with E-state index in [0.29, 0.717) is 11.2 Å². The summed E-state index contributed by atoms with van der Waals surface area (Å²) in [5, 5.41) is 24.3. The van der Waals surface area contributed by atoms with Gasteiger partial charge in [-0.15, -0.1) is 10.2 Å². The zero-order valence-corrected chi connectivity index (χ0v) is 12.6. The molecule has 0 saturated heterocycles. The van der Waals surface area contributed by atoms with Crippen molar-refractivity contribution < 1.29 is 9.90 Å². The molecule has 116 valence electrons. The van der Waals surface area contributed by atoms with Gasteiger partial charge in [0.15, 0.2) is 0 Å². The summed E-state index contributed by atoms with van der Waals surface area (Å²) in [5.74, 6) is -1.09. The number of nitrogens with zero attached hydrogens (tertiary/aromatic N) is 5. The van der Waals surface area contributed by atoms with Gasteiger partial charge in [0.2, 0.25) is 5.82 Å². The highest BCUT2D eigenvalue weighted by Gasteiger charge is 2.13. The topological polar surface area (TPSA) is 107 Å². The molecule has 0 bridgehead atoms. The van der Waals surface area contributed by atoms with E-state index in [0.717, 1.165) is 11.1 Å². The molecule has 0 atom stereocenters. The number of anilines is 1. The molecule has 0 spiro atoms. The molecular weight excluding hydrogens is 296 g/mol. The van der Waals surface area contributed by atoms with Crippen molar-refractivity contribution in [1.29, 1.82) is 0 Å². The molecule has 0 unspecified atom stereocenters. The number of carboxylic acids is 1. The molecule has 2 N–H and O–H groups in total. The number of fused-ring (bicyclic) bond motifs is 1. The van der Waals surface area contributed by atoms with E-state index < -0.39 is 5.97 Å². The van der Waals surface area contributed by atoms with Crippen LogP contribution in [0.5, 0.6) is 0 Å². The molecule has 3 aromatic rings. The molecule has 2 aromatic heterocycles. The molecule has 3 rings (SSSR count). The maximum Gasteiger partial charge on any atom is 0.341 e. The van der Waals surface area contributed by atoms with Crippen LogP contribution in [0, 0.1) is 0 Å². The van der Waals surface area contributed by atoms with Crippen LogP contribution in [0.4, 0.5) is 17.2 Å². The second-order valence-corrected chi connectivity index (χ2v) is 5.03. The first-order valence-corrected chi connectivity index (χ1v) is 6.82. The van der Waals surface area contributed by atoms with Gasteiger partial charge in [0.1, 0.15) is 11.3 Å². The third-order valence-electron chi connectivity index (χ3n) is 3.31. The summed E-state index contributed by atoms with van der Waals surface area (Å²) in [6.07, 6.45) is 2.94. The molecule has 2 heterocycles. The number of benzene rings is 1. The number of pyridine rings is 1. The Hall–Kier alpha value is -3.29. The first-order valence-electron chi connectivity index (χ1n) is 6.82.